The second kappa shape index (κ2) is 8.27. The molecule has 0 radical (unpaired) electrons. The molecule has 1 fully saturated rings. The van der Waals surface area contributed by atoms with Crippen LogP contribution in [0.1, 0.15) is 33.1 Å². The molecule has 4 heteroatoms. The number of carbonyl (C=O) groups excluding carboxylic acids is 1. The standard InChI is InChI=1S/C14H26N2O2/c1-4-12(14(17)18-3)8-9-15-10-11-16(5-2)13-6-7-13/h8,13,15H,4-7,9-11H2,1-3H3/b12-8-. The van der Waals surface area contributed by atoms with Crippen LogP contribution in [0.3, 0.4) is 0 Å². The molecule has 0 aromatic rings. The Bertz CT molecular complexity index is 286. The van der Waals surface area contributed by atoms with Crippen molar-refractivity contribution in [1.29, 1.82) is 0 Å². The lowest BCUT2D eigenvalue weighted by Crippen LogP contribution is -2.33. The third-order valence-electron chi connectivity index (χ3n) is 3.37. The van der Waals surface area contributed by atoms with Crippen molar-refractivity contribution >= 4 is 5.97 Å². The second-order valence-electron chi connectivity index (χ2n) is 4.64. The molecule has 0 saturated heterocycles. The fraction of sp³-hybridized carbons (Fsp3) is 0.786. The molecule has 1 aliphatic rings. The third kappa shape index (κ3) is 5.19. The van der Waals surface area contributed by atoms with E-state index >= 15 is 0 Å². The van der Waals surface area contributed by atoms with Crippen LogP contribution in [0.5, 0.6) is 0 Å². The molecule has 1 aliphatic carbocycles. The van der Waals surface area contributed by atoms with Crippen molar-refractivity contribution in [2.24, 2.45) is 0 Å². The normalized spacial score (nSPS) is 16.1. The van der Waals surface area contributed by atoms with Crippen molar-refractivity contribution in [1.82, 2.24) is 10.2 Å². The molecule has 0 atom stereocenters. The Morgan fingerprint density at radius 1 is 1.44 bits per heavy atom. The van der Waals surface area contributed by atoms with Crippen molar-refractivity contribution in [3.63, 3.8) is 0 Å². The molecular formula is C14H26N2O2. The highest BCUT2D eigenvalue weighted by molar-refractivity contribution is 5.88. The minimum absolute atomic E-state index is 0.215. The summed E-state index contributed by atoms with van der Waals surface area (Å²) in [5.41, 5.74) is 0.750. The molecule has 0 aromatic heterocycles. The molecule has 0 aliphatic heterocycles. The largest absolute Gasteiger partial charge is 0.466 e. The zero-order chi connectivity index (χ0) is 13.4. The Hall–Kier alpha value is -0.870. The van der Waals surface area contributed by atoms with Gasteiger partial charge in [0, 0.05) is 31.2 Å². The van der Waals surface area contributed by atoms with Gasteiger partial charge in [-0.25, -0.2) is 4.79 Å². The molecule has 0 unspecified atom stereocenters. The van der Waals surface area contributed by atoms with Crippen LogP contribution in [0.4, 0.5) is 0 Å². The highest BCUT2D eigenvalue weighted by atomic mass is 16.5. The van der Waals surface area contributed by atoms with Gasteiger partial charge >= 0.3 is 5.97 Å². The average Bonchev–Trinajstić information content (AvgIpc) is 3.22. The number of likely N-dealkylation sites (N-methyl/N-ethyl adjacent to an activating group) is 1. The third-order valence-corrected chi connectivity index (χ3v) is 3.37. The van der Waals surface area contributed by atoms with E-state index in [1.807, 2.05) is 13.0 Å². The van der Waals surface area contributed by atoms with E-state index in [2.05, 4.69) is 17.1 Å². The lowest BCUT2D eigenvalue weighted by molar-refractivity contribution is -0.136. The van der Waals surface area contributed by atoms with Crippen LogP contribution in [-0.4, -0.2) is 50.2 Å². The van der Waals surface area contributed by atoms with Crippen molar-refractivity contribution < 1.29 is 9.53 Å². The monoisotopic (exact) mass is 254 g/mol. The first-order valence-corrected chi connectivity index (χ1v) is 6.95. The van der Waals surface area contributed by atoms with Crippen LogP contribution < -0.4 is 5.32 Å². The van der Waals surface area contributed by atoms with E-state index in [4.69, 9.17) is 4.74 Å². The minimum Gasteiger partial charge on any atom is -0.466 e. The topological polar surface area (TPSA) is 41.6 Å². The van der Waals surface area contributed by atoms with Crippen LogP contribution in [0.2, 0.25) is 0 Å². The van der Waals surface area contributed by atoms with E-state index in [-0.39, 0.29) is 5.97 Å². The molecule has 0 amide bonds. The summed E-state index contributed by atoms with van der Waals surface area (Å²) in [5.74, 6) is -0.215. The quantitative estimate of drug-likeness (QED) is 0.385. The van der Waals surface area contributed by atoms with Gasteiger partial charge in [-0.2, -0.15) is 0 Å². The Kier molecular flexibility index (Phi) is 6.98. The number of nitrogens with one attached hydrogen (secondary N) is 1. The molecule has 18 heavy (non-hydrogen) atoms. The Morgan fingerprint density at radius 3 is 2.67 bits per heavy atom. The van der Waals surface area contributed by atoms with E-state index in [1.54, 1.807) is 0 Å². The number of ether oxygens (including phenoxy) is 1. The molecule has 0 spiro atoms. The number of hydrogen-bond acceptors (Lipinski definition) is 4. The van der Waals surface area contributed by atoms with E-state index in [0.717, 1.165) is 44.2 Å². The molecule has 104 valence electrons. The summed E-state index contributed by atoms with van der Waals surface area (Å²) in [5, 5.41) is 3.35. The van der Waals surface area contributed by atoms with Crippen molar-refractivity contribution in [2.45, 2.75) is 39.2 Å². The molecular weight excluding hydrogens is 228 g/mol. The summed E-state index contributed by atoms with van der Waals surface area (Å²) < 4.78 is 4.71. The smallest absolute Gasteiger partial charge is 0.333 e. The van der Waals surface area contributed by atoms with Crippen molar-refractivity contribution in [3.05, 3.63) is 11.6 Å². The molecule has 1 N–H and O–H groups in total. The zero-order valence-electron chi connectivity index (χ0n) is 11.9. The maximum atomic E-state index is 11.3. The summed E-state index contributed by atoms with van der Waals surface area (Å²) >= 11 is 0. The van der Waals surface area contributed by atoms with Gasteiger partial charge in [-0.3, -0.25) is 4.90 Å². The summed E-state index contributed by atoms with van der Waals surface area (Å²) in [4.78, 5) is 13.8. The lowest BCUT2D eigenvalue weighted by Gasteiger charge is -2.19. The lowest BCUT2D eigenvalue weighted by atomic mass is 10.2. The molecule has 0 aromatic carbocycles. The first kappa shape index (κ1) is 15.2. The number of esters is 1. The molecule has 0 bridgehead atoms. The Balaban J connectivity index is 2.16. The van der Waals surface area contributed by atoms with Gasteiger partial charge in [0.1, 0.15) is 0 Å². The number of rotatable bonds is 9. The van der Waals surface area contributed by atoms with Crippen LogP contribution in [-0.2, 0) is 9.53 Å². The number of methoxy groups -OCH3 is 1. The fourth-order valence-corrected chi connectivity index (χ4v) is 2.06. The highest BCUT2D eigenvalue weighted by Crippen LogP contribution is 2.25. The molecule has 1 rings (SSSR count). The first-order valence-electron chi connectivity index (χ1n) is 6.95. The number of carbonyl (C=O) groups is 1. The predicted octanol–water partition coefficient (Wildman–Crippen LogP) is 1.57. The fourth-order valence-electron chi connectivity index (χ4n) is 2.06. The molecule has 1 saturated carbocycles. The first-order chi connectivity index (χ1) is 8.72. The SMILES string of the molecule is CC/C(=C/CNCCN(CC)C1CC1)C(=O)OC. The number of nitrogens with zero attached hydrogens (tertiary/aromatic N) is 1. The Morgan fingerprint density at radius 2 is 2.17 bits per heavy atom. The van der Waals surface area contributed by atoms with Crippen LogP contribution in [0.15, 0.2) is 11.6 Å². The van der Waals surface area contributed by atoms with Crippen LogP contribution in [0, 0.1) is 0 Å². The van der Waals surface area contributed by atoms with Gasteiger partial charge in [0.25, 0.3) is 0 Å². The van der Waals surface area contributed by atoms with E-state index in [0.29, 0.717) is 0 Å². The molecule has 0 heterocycles. The molecule has 4 nitrogen and oxygen atoms in total. The van der Waals surface area contributed by atoms with Gasteiger partial charge in [-0.1, -0.05) is 19.9 Å². The predicted molar refractivity (Wildman–Crippen MR) is 73.5 cm³/mol. The zero-order valence-corrected chi connectivity index (χ0v) is 11.9. The van der Waals surface area contributed by atoms with Crippen LogP contribution >= 0.6 is 0 Å². The van der Waals surface area contributed by atoms with Gasteiger partial charge in [-0.05, 0) is 25.8 Å². The minimum atomic E-state index is -0.215. The maximum absolute atomic E-state index is 11.3. The van der Waals surface area contributed by atoms with E-state index < -0.39 is 0 Å². The van der Waals surface area contributed by atoms with Gasteiger partial charge < -0.3 is 10.1 Å². The van der Waals surface area contributed by atoms with E-state index in [9.17, 15) is 4.79 Å². The average molecular weight is 254 g/mol. The maximum Gasteiger partial charge on any atom is 0.333 e. The summed E-state index contributed by atoms with van der Waals surface area (Å²) in [6.45, 7) is 8.11. The van der Waals surface area contributed by atoms with Gasteiger partial charge in [0.15, 0.2) is 0 Å². The summed E-state index contributed by atoms with van der Waals surface area (Å²) in [7, 11) is 1.42. The second-order valence-corrected chi connectivity index (χ2v) is 4.64. The van der Waals surface area contributed by atoms with Gasteiger partial charge in [-0.15, -0.1) is 0 Å². The highest BCUT2D eigenvalue weighted by Gasteiger charge is 2.26. The summed E-state index contributed by atoms with van der Waals surface area (Å²) in [6.07, 6.45) is 5.36. The van der Waals surface area contributed by atoms with Crippen molar-refractivity contribution in [3.8, 4) is 0 Å². The van der Waals surface area contributed by atoms with Crippen molar-refractivity contribution in [2.75, 3.05) is 33.3 Å². The van der Waals surface area contributed by atoms with E-state index in [1.165, 1.54) is 20.0 Å². The van der Waals surface area contributed by atoms with Gasteiger partial charge in [0.2, 0.25) is 0 Å². The number of hydrogen-bond donors (Lipinski definition) is 1. The summed E-state index contributed by atoms with van der Waals surface area (Å²) in [6, 6.07) is 0.827. The Labute approximate surface area is 110 Å². The van der Waals surface area contributed by atoms with Gasteiger partial charge in [0.05, 0.1) is 7.11 Å². The van der Waals surface area contributed by atoms with Crippen LogP contribution in [0.25, 0.3) is 0 Å².